The zero-order valence-corrected chi connectivity index (χ0v) is 17.2. The summed E-state index contributed by atoms with van der Waals surface area (Å²) in [6.45, 7) is 6.14. The maximum absolute atomic E-state index is 13.8. The summed E-state index contributed by atoms with van der Waals surface area (Å²) in [4.78, 5) is 17.2. The molecule has 0 saturated carbocycles. The molecule has 29 heavy (non-hydrogen) atoms. The van der Waals surface area contributed by atoms with Gasteiger partial charge in [0, 0.05) is 17.1 Å². The highest BCUT2D eigenvalue weighted by Crippen LogP contribution is 2.31. The number of thioether (sulfide) groups is 1. The normalized spacial score (nSPS) is 16.6. The van der Waals surface area contributed by atoms with E-state index in [2.05, 4.69) is 52.1 Å². The van der Waals surface area contributed by atoms with Crippen molar-refractivity contribution in [3.63, 3.8) is 0 Å². The fourth-order valence-corrected chi connectivity index (χ4v) is 4.12. The van der Waals surface area contributed by atoms with Crippen LogP contribution in [0.3, 0.4) is 0 Å². The molecule has 0 atom stereocenters. The molecule has 0 bridgehead atoms. The number of amidine groups is 1. The fourth-order valence-electron chi connectivity index (χ4n) is 3.30. The summed E-state index contributed by atoms with van der Waals surface area (Å²) in [5.74, 6) is -0.654. The van der Waals surface area contributed by atoms with Crippen molar-refractivity contribution in [1.29, 1.82) is 0 Å². The number of rotatable bonds is 3. The number of carbonyl (C=O) groups excluding carboxylic acids is 1. The lowest BCUT2D eigenvalue weighted by atomic mass is 10.2. The standard InChI is InChI=1S/C23H20FN3OS/c1-14-8-10-18(11-9-14)27-15(2)12-17(16(27)3)13-21-22(28)26-23(29-21)25-20-7-5-4-6-19(20)24/h4-13H,1-3H3,(H,25,26,28)/b21-13-. The topological polar surface area (TPSA) is 46.4 Å². The van der Waals surface area contributed by atoms with E-state index in [4.69, 9.17) is 0 Å². The number of halogens is 1. The first kappa shape index (κ1) is 19.2. The van der Waals surface area contributed by atoms with Gasteiger partial charge in [0.25, 0.3) is 5.91 Å². The molecule has 0 unspecified atom stereocenters. The number of nitrogens with one attached hydrogen (secondary N) is 1. The van der Waals surface area contributed by atoms with Crippen LogP contribution in [0, 0.1) is 26.6 Å². The Kier molecular flexibility index (Phi) is 5.11. The lowest BCUT2D eigenvalue weighted by Gasteiger charge is -2.10. The van der Waals surface area contributed by atoms with Crippen LogP contribution in [0.5, 0.6) is 0 Å². The van der Waals surface area contributed by atoms with Gasteiger partial charge in [0.2, 0.25) is 0 Å². The highest BCUT2D eigenvalue weighted by molar-refractivity contribution is 8.18. The van der Waals surface area contributed by atoms with Gasteiger partial charge in [-0.15, -0.1) is 0 Å². The van der Waals surface area contributed by atoms with Crippen LogP contribution < -0.4 is 5.32 Å². The largest absolute Gasteiger partial charge is 0.318 e. The van der Waals surface area contributed by atoms with Crippen molar-refractivity contribution in [2.24, 2.45) is 4.99 Å². The molecule has 1 fully saturated rings. The molecule has 4 rings (SSSR count). The summed E-state index contributed by atoms with van der Waals surface area (Å²) in [5.41, 5.74) is 5.59. The summed E-state index contributed by atoms with van der Waals surface area (Å²) < 4.78 is 16.0. The number of para-hydroxylation sites is 1. The van der Waals surface area contributed by atoms with Gasteiger partial charge >= 0.3 is 0 Å². The monoisotopic (exact) mass is 405 g/mol. The zero-order chi connectivity index (χ0) is 20.5. The Morgan fingerprint density at radius 3 is 2.52 bits per heavy atom. The Bertz CT molecular complexity index is 1160. The molecule has 0 aliphatic carbocycles. The summed E-state index contributed by atoms with van der Waals surface area (Å²) in [6.07, 6.45) is 1.86. The smallest absolute Gasteiger partial charge is 0.264 e. The molecule has 3 aromatic rings. The van der Waals surface area contributed by atoms with Crippen molar-refractivity contribution in [1.82, 2.24) is 9.88 Å². The van der Waals surface area contributed by atoms with Crippen LogP contribution in [0.4, 0.5) is 10.1 Å². The first-order chi connectivity index (χ1) is 13.9. The molecule has 0 radical (unpaired) electrons. The van der Waals surface area contributed by atoms with Gasteiger partial charge in [0.15, 0.2) is 5.17 Å². The molecule has 0 spiro atoms. The van der Waals surface area contributed by atoms with E-state index in [0.717, 1.165) is 22.6 Å². The van der Waals surface area contributed by atoms with Crippen molar-refractivity contribution in [2.45, 2.75) is 20.8 Å². The van der Waals surface area contributed by atoms with E-state index < -0.39 is 5.82 Å². The summed E-state index contributed by atoms with van der Waals surface area (Å²) in [5, 5.41) is 3.08. The van der Waals surface area contributed by atoms with Crippen LogP contribution >= 0.6 is 11.8 Å². The lowest BCUT2D eigenvalue weighted by molar-refractivity contribution is -0.115. The second-order valence-corrected chi connectivity index (χ2v) is 7.96. The molecular formula is C23H20FN3OS. The third-order valence-corrected chi connectivity index (χ3v) is 5.68. The third kappa shape index (κ3) is 3.89. The molecule has 1 N–H and O–H groups in total. The Balaban J connectivity index is 1.65. The van der Waals surface area contributed by atoms with Crippen LogP contribution in [0.15, 0.2) is 64.5 Å². The number of hydrogen-bond donors (Lipinski definition) is 1. The van der Waals surface area contributed by atoms with Crippen LogP contribution in [0.2, 0.25) is 0 Å². The van der Waals surface area contributed by atoms with E-state index in [0.29, 0.717) is 10.1 Å². The summed E-state index contributed by atoms with van der Waals surface area (Å²) in [6, 6.07) is 16.6. The van der Waals surface area contributed by atoms with E-state index in [1.807, 2.05) is 19.9 Å². The summed E-state index contributed by atoms with van der Waals surface area (Å²) in [7, 11) is 0. The van der Waals surface area contributed by atoms with E-state index in [9.17, 15) is 9.18 Å². The highest BCUT2D eigenvalue weighted by Gasteiger charge is 2.25. The lowest BCUT2D eigenvalue weighted by Crippen LogP contribution is -2.19. The number of carbonyl (C=O) groups is 1. The molecule has 1 aliphatic rings. The van der Waals surface area contributed by atoms with Crippen LogP contribution in [0.1, 0.15) is 22.5 Å². The molecule has 4 nitrogen and oxygen atoms in total. The van der Waals surface area contributed by atoms with Crippen molar-refractivity contribution < 1.29 is 9.18 Å². The van der Waals surface area contributed by atoms with Gasteiger partial charge in [-0.2, -0.15) is 0 Å². The number of hydrogen-bond acceptors (Lipinski definition) is 3. The molecule has 1 amide bonds. The Labute approximate surface area is 173 Å². The van der Waals surface area contributed by atoms with Gasteiger partial charge in [0.1, 0.15) is 11.5 Å². The Morgan fingerprint density at radius 2 is 1.79 bits per heavy atom. The molecule has 1 aromatic heterocycles. The van der Waals surface area contributed by atoms with E-state index in [-0.39, 0.29) is 11.6 Å². The molecule has 1 saturated heterocycles. The van der Waals surface area contributed by atoms with Crippen LogP contribution in [-0.2, 0) is 4.79 Å². The quantitative estimate of drug-likeness (QED) is 0.591. The van der Waals surface area contributed by atoms with Crippen molar-refractivity contribution in [3.8, 4) is 5.69 Å². The Hall–Kier alpha value is -3.12. The first-order valence-electron chi connectivity index (χ1n) is 9.22. The Morgan fingerprint density at radius 1 is 1.07 bits per heavy atom. The SMILES string of the molecule is Cc1ccc(-n2c(C)cc(/C=C3\SC(=Nc4ccccc4F)NC3=O)c2C)cc1. The second-order valence-electron chi connectivity index (χ2n) is 6.93. The van der Waals surface area contributed by atoms with Gasteiger partial charge in [-0.05, 0) is 74.5 Å². The predicted molar refractivity (Wildman–Crippen MR) is 117 cm³/mol. The molecule has 2 aromatic carbocycles. The number of amides is 1. The molecule has 146 valence electrons. The minimum Gasteiger partial charge on any atom is -0.318 e. The van der Waals surface area contributed by atoms with Gasteiger partial charge in [-0.1, -0.05) is 29.8 Å². The van der Waals surface area contributed by atoms with Crippen molar-refractivity contribution >= 4 is 34.6 Å². The number of benzene rings is 2. The fraction of sp³-hybridized carbons (Fsp3) is 0.130. The average molecular weight is 405 g/mol. The van der Waals surface area contributed by atoms with Crippen LogP contribution in [0.25, 0.3) is 11.8 Å². The van der Waals surface area contributed by atoms with Crippen molar-refractivity contribution in [2.75, 3.05) is 0 Å². The van der Waals surface area contributed by atoms with E-state index in [1.165, 1.54) is 23.4 Å². The molecular weight excluding hydrogens is 385 g/mol. The number of aromatic nitrogens is 1. The van der Waals surface area contributed by atoms with Gasteiger partial charge in [0.05, 0.1) is 4.91 Å². The molecule has 6 heteroatoms. The van der Waals surface area contributed by atoms with Gasteiger partial charge in [-0.3, -0.25) is 4.79 Å². The molecule has 2 heterocycles. The summed E-state index contributed by atoms with van der Waals surface area (Å²) >= 11 is 1.21. The van der Waals surface area contributed by atoms with Gasteiger partial charge < -0.3 is 9.88 Å². The number of nitrogens with zero attached hydrogens (tertiary/aromatic N) is 2. The molecule has 1 aliphatic heterocycles. The maximum Gasteiger partial charge on any atom is 0.264 e. The van der Waals surface area contributed by atoms with Gasteiger partial charge in [-0.25, -0.2) is 9.38 Å². The predicted octanol–water partition coefficient (Wildman–Crippen LogP) is 5.43. The minimum atomic E-state index is -0.422. The third-order valence-electron chi connectivity index (χ3n) is 4.77. The van der Waals surface area contributed by atoms with Crippen molar-refractivity contribution in [3.05, 3.63) is 87.8 Å². The van der Waals surface area contributed by atoms with E-state index >= 15 is 0 Å². The minimum absolute atomic E-state index is 0.203. The average Bonchev–Trinajstić information content (AvgIpc) is 3.17. The van der Waals surface area contributed by atoms with E-state index in [1.54, 1.807) is 18.2 Å². The van der Waals surface area contributed by atoms with Crippen LogP contribution in [-0.4, -0.2) is 15.6 Å². The second kappa shape index (κ2) is 7.72. The number of aliphatic imine (C=N–C) groups is 1. The maximum atomic E-state index is 13.8. The zero-order valence-electron chi connectivity index (χ0n) is 16.4. The first-order valence-corrected chi connectivity index (χ1v) is 10.0. The number of aryl methyl sites for hydroxylation is 2. The highest BCUT2D eigenvalue weighted by atomic mass is 32.2.